The van der Waals surface area contributed by atoms with Gasteiger partial charge in [0.1, 0.15) is 23.5 Å². The lowest BCUT2D eigenvalue weighted by Crippen LogP contribution is -2.35. The van der Waals surface area contributed by atoms with Crippen LogP contribution in [0.2, 0.25) is 0 Å². The molecule has 1 aliphatic rings. The Balaban J connectivity index is 1.26. The van der Waals surface area contributed by atoms with Gasteiger partial charge in [0.2, 0.25) is 0 Å². The second-order valence-electron chi connectivity index (χ2n) is 10.8. The van der Waals surface area contributed by atoms with Crippen LogP contribution < -0.4 is 16.0 Å². The van der Waals surface area contributed by atoms with Crippen molar-refractivity contribution >= 4 is 40.0 Å². The van der Waals surface area contributed by atoms with E-state index >= 15 is 0 Å². The van der Waals surface area contributed by atoms with Crippen molar-refractivity contribution in [3.63, 3.8) is 0 Å². The van der Waals surface area contributed by atoms with Crippen LogP contribution in [-0.2, 0) is 11.3 Å². The van der Waals surface area contributed by atoms with Crippen LogP contribution in [0.25, 0.3) is 16.9 Å². The molecule has 1 aliphatic heterocycles. The Labute approximate surface area is 249 Å². The maximum Gasteiger partial charge on any atom is 0.255 e. The van der Waals surface area contributed by atoms with Gasteiger partial charge in [-0.25, -0.2) is 14.6 Å². The number of fused-ring (bicyclic) bond motifs is 1. The molecule has 6 rings (SSSR count). The summed E-state index contributed by atoms with van der Waals surface area (Å²) in [6.07, 6.45) is 1.51. The van der Waals surface area contributed by atoms with Gasteiger partial charge in [0.15, 0.2) is 5.82 Å². The summed E-state index contributed by atoms with van der Waals surface area (Å²) >= 11 is 0. The van der Waals surface area contributed by atoms with Crippen LogP contribution in [0, 0.1) is 6.92 Å². The Bertz CT molecular complexity index is 1750. The van der Waals surface area contributed by atoms with E-state index in [-0.39, 0.29) is 11.9 Å². The first-order valence-electron chi connectivity index (χ1n) is 14.3. The Morgan fingerprint density at radius 2 is 1.88 bits per heavy atom. The topological polar surface area (TPSA) is 140 Å². The van der Waals surface area contributed by atoms with Gasteiger partial charge >= 0.3 is 0 Å². The van der Waals surface area contributed by atoms with Crippen LogP contribution in [0.1, 0.15) is 41.5 Å². The average Bonchev–Trinajstić information content (AvgIpc) is 3.63. The molecule has 0 radical (unpaired) electrons. The minimum absolute atomic E-state index is 0.176. The van der Waals surface area contributed by atoms with E-state index < -0.39 is 0 Å². The standard InChI is InChI=1S/C30H35N11O2/c1-19(2)40-26-8-6-21(13-25(26)36-38-40)30(42)34-22-7-5-20(3)24(14-22)35-29-15-23(17-39-9-11-43-12-10-39)37-41(29)28-16-27(31-4)32-18-33-28/h5-8,13-16,18-19,35H,9-12,17H2,1-4H3,(H,34,42)(H,31,32,33). The molecular formula is C30H35N11O2. The fourth-order valence-electron chi connectivity index (χ4n) is 5.00. The molecule has 0 atom stereocenters. The maximum atomic E-state index is 13.2. The number of amides is 1. The summed E-state index contributed by atoms with van der Waals surface area (Å²) < 4.78 is 9.13. The number of rotatable bonds is 9. The predicted octanol–water partition coefficient (Wildman–Crippen LogP) is 4.17. The van der Waals surface area contributed by atoms with Gasteiger partial charge in [-0.3, -0.25) is 9.69 Å². The second kappa shape index (κ2) is 12.2. The number of nitrogens with zero attached hydrogens (tertiary/aromatic N) is 8. The largest absolute Gasteiger partial charge is 0.379 e. The van der Waals surface area contributed by atoms with Crippen LogP contribution in [0.5, 0.6) is 0 Å². The zero-order valence-electron chi connectivity index (χ0n) is 24.7. The van der Waals surface area contributed by atoms with E-state index in [9.17, 15) is 4.79 Å². The van der Waals surface area contributed by atoms with Gasteiger partial charge in [0, 0.05) is 61.8 Å². The van der Waals surface area contributed by atoms with Crippen LogP contribution in [-0.4, -0.2) is 78.9 Å². The number of anilines is 4. The van der Waals surface area contributed by atoms with Crippen molar-refractivity contribution < 1.29 is 9.53 Å². The monoisotopic (exact) mass is 581 g/mol. The highest BCUT2D eigenvalue weighted by Crippen LogP contribution is 2.28. The summed E-state index contributed by atoms with van der Waals surface area (Å²) in [6, 6.07) is 15.3. The molecule has 0 saturated carbocycles. The highest BCUT2D eigenvalue weighted by molar-refractivity contribution is 6.06. The molecule has 0 bridgehead atoms. The third-order valence-corrected chi connectivity index (χ3v) is 7.36. The number of carbonyl (C=O) groups is 1. The highest BCUT2D eigenvalue weighted by atomic mass is 16.5. The fraction of sp³-hybridized carbons (Fsp3) is 0.333. The van der Waals surface area contributed by atoms with Crippen molar-refractivity contribution in [1.29, 1.82) is 0 Å². The normalized spacial score (nSPS) is 13.9. The number of carbonyl (C=O) groups excluding carboxylic acids is 1. The summed E-state index contributed by atoms with van der Waals surface area (Å²) in [5.74, 6) is 1.83. The smallest absolute Gasteiger partial charge is 0.255 e. The number of morpholine rings is 1. The summed E-state index contributed by atoms with van der Waals surface area (Å²) in [5.41, 5.74) is 5.47. The Kier molecular flexibility index (Phi) is 7.99. The van der Waals surface area contributed by atoms with Crippen molar-refractivity contribution in [2.24, 2.45) is 0 Å². The number of aryl methyl sites for hydroxylation is 1. The molecule has 4 heterocycles. The summed E-state index contributed by atoms with van der Waals surface area (Å²) in [6.45, 7) is 9.94. The van der Waals surface area contributed by atoms with Crippen molar-refractivity contribution in [2.45, 2.75) is 33.4 Å². The van der Waals surface area contributed by atoms with E-state index in [0.29, 0.717) is 48.2 Å². The first kappa shape index (κ1) is 28.2. The van der Waals surface area contributed by atoms with E-state index in [4.69, 9.17) is 9.84 Å². The second-order valence-corrected chi connectivity index (χ2v) is 10.8. The molecule has 1 saturated heterocycles. The van der Waals surface area contributed by atoms with E-state index in [1.54, 1.807) is 16.8 Å². The summed E-state index contributed by atoms with van der Waals surface area (Å²) in [7, 11) is 1.81. The predicted molar refractivity (Wildman–Crippen MR) is 165 cm³/mol. The number of ether oxygens (including phenoxy) is 1. The number of aromatic nitrogens is 7. The molecule has 3 N–H and O–H groups in total. The zero-order chi connectivity index (χ0) is 29.9. The first-order valence-corrected chi connectivity index (χ1v) is 14.3. The molecule has 0 spiro atoms. The minimum Gasteiger partial charge on any atom is -0.379 e. The number of nitrogens with one attached hydrogen (secondary N) is 3. The van der Waals surface area contributed by atoms with Gasteiger partial charge < -0.3 is 20.7 Å². The van der Waals surface area contributed by atoms with Crippen molar-refractivity contribution in [3.05, 3.63) is 71.7 Å². The van der Waals surface area contributed by atoms with Gasteiger partial charge in [-0.1, -0.05) is 11.3 Å². The molecule has 13 heteroatoms. The van der Waals surface area contributed by atoms with E-state index in [1.165, 1.54) is 6.33 Å². The number of hydrogen-bond donors (Lipinski definition) is 3. The third-order valence-electron chi connectivity index (χ3n) is 7.36. The van der Waals surface area contributed by atoms with E-state index in [0.717, 1.165) is 41.4 Å². The molecule has 43 heavy (non-hydrogen) atoms. The SMILES string of the molecule is CNc1cc(-n2nc(CN3CCOCC3)cc2Nc2cc(NC(=O)c3ccc4c(c3)nnn4C(C)C)ccc2C)ncn1. The zero-order valence-corrected chi connectivity index (χ0v) is 24.7. The molecule has 3 aromatic heterocycles. The maximum absolute atomic E-state index is 13.2. The number of hydrogen-bond acceptors (Lipinski definition) is 10. The lowest BCUT2D eigenvalue weighted by atomic mass is 10.1. The lowest BCUT2D eigenvalue weighted by molar-refractivity contribution is 0.0336. The molecule has 13 nitrogen and oxygen atoms in total. The Morgan fingerprint density at radius 3 is 2.67 bits per heavy atom. The fourth-order valence-corrected chi connectivity index (χ4v) is 5.00. The third kappa shape index (κ3) is 6.17. The van der Waals surface area contributed by atoms with Crippen LogP contribution in [0.4, 0.5) is 23.0 Å². The van der Waals surface area contributed by atoms with Gasteiger partial charge in [-0.05, 0) is 56.7 Å². The molecule has 5 aromatic rings. The average molecular weight is 582 g/mol. The Morgan fingerprint density at radius 1 is 1.05 bits per heavy atom. The molecule has 1 fully saturated rings. The lowest BCUT2D eigenvalue weighted by Gasteiger charge is -2.25. The van der Waals surface area contributed by atoms with E-state index in [1.807, 2.05) is 68.9 Å². The summed E-state index contributed by atoms with van der Waals surface area (Å²) in [4.78, 5) is 24.3. The van der Waals surface area contributed by atoms with Gasteiger partial charge in [-0.15, -0.1) is 5.10 Å². The van der Waals surface area contributed by atoms with Gasteiger partial charge in [-0.2, -0.15) is 9.78 Å². The molecule has 222 valence electrons. The molecule has 2 aromatic carbocycles. The minimum atomic E-state index is -0.228. The van der Waals surface area contributed by atoms with Crippen LogP contribution >= 0.6 is 0 Å². The molecular weight excluding hydrogens is 546 g/mol. The quantitative estimate of drug-likeness (QED) is 0.232. The van der Waals surface area contributed by atoms with Crippen molar-refractivity contribution in [2.75, 3.05) is 49.3 Å². The van der Waals surface area contributed by atoms with Crippen LogP contribution in [0.3, 0.4) is 0 Å². The number of benzene rings is 2. The van der Waals surface area contributed by atoms with E-state index in [2.05, 4.69) is 41.1 Å². The molecule has 1 amide bonds. The van der Waals surface area contributed by atoms with Gasteiger partial charge in [0.05, 0.1) is 24.4 Å². The Hall–Kier alpha value is -4.88. The highest BCUT2D eigenvalue weighted by Gasteiger charge is 2.18. The molecule has 0 aliphatic carbocycles. The van der Waals surface area contributed by atoms with Crippen LogP contribution in [0.15, 0.2) is 54.9 Å². The first-order chi connectivity index (χ1) is 20.9. The van der Waals surface area contributed by atoms with Gasteiger partial charge in [0.25, 0.3) is 5.91 Å². The van der Waals surface area contributed by atoms with Crippen molar-refractivity contribution in [3.8, 4) is 5.82 Å². The summed E-state index contributed by atoms with van der Waals surface area (Å²) in [5, 5.41) is 23.0. The van der Waals surface area contributed by atoms with Crippen molar-refractivity contribution in [1.82, 2.24) is 39.6 Å². The molecule has 0 unspecified atom stereocenters.